The quantitative estimate of drug-likeness (QED) is 0.158. The molecule has 1 aromatic heterocycles. The Morgan fingerprint density at radius 1 is 0.841 bits per heavy atom. The van der Waals surface area contributed by atoms with Crippen LogP contribution in [-0.2, 0) is 44.0 Å². The van der Waals surface area contributed by atoms with Crippen LogP contribution in [0.25, 0.3) is 6.08 Å². The van der Waals surface area contributed by atoms with Gasteiger partial charge in [-0.3, -0.25) is 4.79 Å². The number of hydrogen-bond acceptors (Lipinski definition) is 6. The maximum atomic E-state index is 13.7. The number of ether oxygens (including phenoxy) is 1. The Morgan fingerprint density at radius 2 is 1.48 bits per heavy atom. The molecule has 4 aromatic rings. The van der Waals surface area contributed by atoms with Crippen molar-refractivity contribution in [3.05, 3.63) is 142 Å². The van der Waals surface area contributed by atoms with Gasteiger partial charge in [0.05, 0.1) is 36.2 Å². The predicted octanol–water partition coefficient (Wildman–Crippen LogP) is 6.16. The number of benzene rings is 3. The predicted molar refractivity (Wildman–Crippen MR) is 167 cm³/mol. The fourth-order valence-corrected chi connectivity index (χ4v) is 6.43. The van der Waals surface area contributed by atoms with Crippen molar-refractivity contribution in [3.8, 4) is 0 Å². The van der Waals surface area contributed by atoms with Crippen LogP contribution in [0, 0.1) is 13.8 Å². The molecule has 1 aliphatic rings. The summed E-state index contributed by atoms with van der Waals surface area (Å²) in [6, 6.07) is 27.2. The van der Waals surface area contributed by atoms with Crippen LogP contribution < -0.4 is 0 Å². The molecule has 0 spiro atoms. The number of rotatable bonds is 10. The van der Waals surface area contributed by atoms with Crippen LogP contribution in [0.15, 0.2) is 117 Å². The van der Waals surface area contributed by atoms with Gasteiger partial charge in [-0.1, -0.05) is 77.9 Å². The van der Waals surface area contributed by atoms with Crippen molar-refractivity contribution in [1.29, 1.82) is 0 Å². The highest BCUT2D eigenvalue weighted by atomic mass is 32.2. The SMILES string of the molecule is COC(=O)C1=C(C)N(Cc2ccc(C)cc2)C(=O)/C1=C/c1ccc(CN(Cc2ccccc2)S(=O)(=O)c2ccc(C)cc2)o1. The molecule has 44 heavy (non-hydrogen) atoms. The van der Waals surface area contributed by atoms with Crippen LogP contribution >= 0.6 is 0 Å². The van der Waals surface area contributed by atoms with Gasteiger partial charge in [-0.05, 0) is 62.2 Å². The number of furan rings is 1. The number of amides is 1. The Hall–Kier alpha value is -4.73. The molecule has 5 rings (SSSR count). The summed E-state index contributed by atoms with van der Waals surface area (Å²) in [4.78, 5) is 28.1. The number of allylic oxidation sites excluding steroid dienone is 1. The van der Waals surface area contributed by atoms with E-state index in [1.807, 2.05) is 68.4 Å². The molecule has 9 heteroatoms. The Labute approximate surface area is 257 Å². The molecular formula is C35H34N2O6S. The van der Waals surface area contributed by atoms with E-state index in [9.17, 15) is 18.0 Å². The van der Waals surface area contributed by atoms with E-state index in [0.717, 1.165) is 22.3 Å². The molecule has 3 aromatic carbocycles. The third-order valence-electron chi connectivity index (χ3n) is 7.52. The number of nitrogens with zero attached hydrogens (tertiary/aromatic N) is 2. The molecule has 8 nitrogen and oxygen atoms in total. The first-order valence-electron chi connectivity index (χ1n) is 14.1. The van der Waals surface area contributed by atoms with E-state index in [1.165, 1.54) is 17.5 Å². The number of esters is 1. The van der Waals surface area contributed by atoms with E-state index in [1.54, 1.807) is 48.2 Å². The Balaban J connectivity index is 1.44. The van der Waals surface area contributed by atoms with E-state index >= 15 is 0 Å². The van der Waals surface area contributed by atoms with Gasteiger partial charge in [0.2, 0.25) is 10.0 Å². The fraction of sp³-hybridized carbons (Fsp3) is 0.200. The minimum Gasteiger partial charge on any atom is -0.465 e. The molecule has 0 saturated carbocycles. The molecule has 1 aliphatic heterocycles. The number of hydrogen-bond donors (Lipinski definition) is 0. The van der Waals surface area contributed by atoms with Crippen molar-refractivity contribution in [1.82, 2.24) is 9.21 Å². The summed E-state index contributed by atoms with van der Waals surface area (Å²) in [5.74, 6) is -0.291. The molecule has 2 heterocycles. The third kappa shape index (κ3) is 6.59. The molecule has 0 unspecified atom stereocenters. The van der Waals surface area contributed by atoms with Gasteiger partial charge in [0.15, 0.2) is 0 Å². The van der Waals surface area contributed by atoms with Crippen molar-refractivity contribution < 1.29 is 27.2 Å². The third-order valence-corrected chi connectivity index (χ3v) is 9.33. The molecule has 0 radical (unpaired) electrons. The van der Waals surface area contributed by atoms with Crippen molar-refractivity contribution in [2.45, 2.75) is 45.3 Å². The van der Waals surface area contributed by atoms with E-state index in [4.69, 9.17) is 9.15 Å². The van der Waals surface area contributed by atoms with Crippen molar-refractivity contribution in [2.24, 2.45) is 0 Å². The lowest BCUT2D eigenvalue weighted by Crippen LogP contribution is -2.30. The number of aryl methyl sites for hydroxylation is 2. The van der Waals surface area contributed by atoms with Crippen LogP contribution in [0.4, 0.5) is 0 Å². The molecule has 0 saturated heterocycles. The largest absolute Gasteiger partial charge is 0.465 e. The zero-order valence-corrected chi connectivity index (χ0v) is 25.9. The maximum absolute atomic E-state index is 13.7. The Bertz CT molecular complexity index is 1840. The van der Waals surface area contributed by atoms with E-state index < -0.39 is 16.0 Å². The highest BCUT2D eigenvalue weighted by molar-refractivity contribution is 7.89. The summed E-state index contributed by atoms with van der Waals surface area (Å²) in [6.45, 7) is 5.98. The van der Waals surface area contributed by atoms with Crippen LogP contribution in [0.3, 0.4) is 0 Å². The van der Waals surface area contributed by atoms with Gasteiger partial charge in [-0.2, -0.15) is 4.31 Å². The highest BCUT2D eigenvalue weighted by Crippen LogP contribution is 2.33. The lowest BCUT2D eigenvalue weighted by molar-refractivity contribution is -0.136. The smallest absolute Gasteiger partial charge is 0.340 e. The minimum absolute atomic E-state index is 0.0412. The van der Waals surface area contributed by atoms with Crippen LogP contribution in [-0.4, -0.2) is 36.6 Å². The summed E-state index contributed by atoms with van der Waals surface area (Å²) >= 11 is 0. The second-order valence-electron chi connectivity index (χ2n) is 10.8. The fourth-order valence-electron chi connectivity index (χ4n) is 5.04. The molecule has 0 fully saturated rings. The van der Waals surface area contributed by atoms with Gasteiger partial charge < -0.3 is 14.1 Å². The first-order chi connectivity index (χ1) is 21.1. The second-order valence-corrected chi connectivity index (χ2v) is 12.7. The normalized spacial score (nSPS) is 14.6. The summed E-state index contributed by atoms with van der Waals surface area (Å²) in [7, 11) is -2.61. The molecule has 0 aliphatic carbocycles. The van der Waals surface area contributed by atoms with Crippen molar-refractivity contribution >= 4 is 28.0 Å². The van der Waals surface area contributed by atoms with Gasteiger partial charge in [-0.25, -0.2) is 13.2 Å². The number of carbonyl (C=O) groups is 2. The summed E-state index contributed by atoms with van der Waals surface area (Å²) < 4.78 is 39.9. The van der Waals surface area contributed by atoms with Crippen LogP contribution in [0.2, 0.25) is 0 Å². The van der Waals surface area contributed by atoms with Gasteiger partial charge in [0.25, 0.3) is 5.91 Å². The monoisotopic (exact) mass is 610 g/mol. The van der Waals surface area contributed by atoms with Crippen molar-refractivity contribution in [3.63, 3.8) is 0 Å². The standard InChI is InChI=1S/C35H34N2O6S/c1-24-10-14-28(15-11-24)22-37-26(3)33(35(39)42-4)32(34(37)38)20-29-16-17-30(43-29)23-36(21-27-8-6-5-7-9-27)44(40,41)31-18-12-25(2)13-19-31/h5-20H,21-23H2,1-4H3/b32-20+. The van der Waals surface area contributed by atoms with Gasteiger partial charge in [0.1, 0.15) is 11.5 Å². The number of carbonyl (C=O) groups excluding carboxylic acids is 2. The first-order valence-corrected chi connectivity index (χ1v) is 15.6. The van der Waals surface area contributed by atoms with Gasteiger partial charge in [0, 0.05) is 12.2 Å². The average Bonchev–Trinajstić information content (AvgIpc) is 3.55. The Morgan fingerprint density at radius 3 is 2.11 bits per heavy atom. The maximum Gasteiger partial charge on any atom is 0.340 e. The lowest BCUT2D eigenvalue weighted by atomic mass is 10.1. The first kappa shape index (κ1) is 30.7. The molecule has 0 bridgehead atoms. The zero-order chi connectivity index (χ0) is 31.4. The molecule has 226 valence electrons. The van der Waals surface area contributed by atoms with Crippen molar-refractivity contribution in [2.75, 3.05) is 7.11 Å². The minimum atomic E-state index is -3.88. The zero-order valence-electron chi connectivity index (χ0n) is 25.1. The van der Waals surface area contributed by atoms with Gasteiger partial charge in [-0.15, -0.1) is 0 Å². The Kier molecular flexibility index (Phi) is 8.98. The summed E-state index contributed by atoms with van der Waals surface area (Å²) in [5, 5.41) is 0. The second kappa shape index (κ2) is 12.9. The van der Waals surface area contributed by atoms with E-state index in [0.29, 0.717) is 17.2 Å². The number of sulfonamides is 1. The van der Waals surface area contributed by atoms with E-state index in [-0.39, 0.29) is 41.6 Å². The number of methoxy groups -OCH3 is 1. The average molecular weight is 611 g/mol. The van der Waals surface area contributed by atoms with Gasteiger partial charge >= 0.3 is 5.97 Å². The summed E-state index contributed by atoms with van der Waals surface area (Å²) in [6.07, 6.45) is 1.51. The molecule has 0 N–H and O–H groups in total. The highest BCUT2D eigenvalue weighted by Gasteiger charge is 2.37. The van der Waals surface area contributed by atoms with E-state index in [2.05, 4.69) is 0 Å². The molecule has 1 amide bonds. The van der Waals surface area contributed by atoms with Crippen LogP contribution in [0.5, 0.6) is 0 Å². The van der Waals surface area contributed by atoms with Crippen LogP contribution in [0.1, 0.15) is 40.7 Å². The molecule has 0 atom stereocenters. The molecular weight excluding hydrogens is 576 g/mol. The lowest BCUT2D eigenvalue weighted by Gasteiger charge is -2.21. The summed E-state index contributed by atoms with van der Waals surface area (Å²) in [5.41, 5.74) is 4.60. The topological polar surface area (TPSA) is 97.1 Å².